The summed E-state index contributed by atoms with van der Waals surface area (Å²) in [6.07, 6.45) is -1.15. The fourth-order valence-electron chi connectivity index (χ4n) is 2.42. The average Bonchev–Trinajstić information content (AvgIpc) is 2.85. The molecule has 1 N–H and O–H groups in total. The van der Waals surface area contributed by atoms with E-state index in [0.717, 1.165) is 5.56 Å². The molecule has 0 spiro atoms. The molecule has 5 heteroatoms. The van der Waals surface area contributed by atoms with Crippen molar-refractivity contribution in [2.45, 2.75) is 38.0 Å². The van der Waals surface area contributed by atoms with E-state index >= 15 is 0 Å². The first kappa shape index (κ1) is 14.5. The predicted molar refractivity (Wildman–Crippen MR) is 74.6 cm³/mol. The quantitative estimate of drug-likeness (QED) is 0.848. The standard InChI is InChI=1S/C15H19NO4/c1-4-12(17)15(14(18)19-3)10(2)20-13(16-15)11-8-6-5-7-9-11/h5-10,12,17H,4H2,1-3H3/t10?,12?,15-/m1/s1. The van der Waals surface area contributed by atoms with E-state index in [-0.39, 0.29) is 0 Å². The van der Waals surface area contributed by atoms with Crippen LogP contribution in [-0.2, 0) is 14.3 Å². The second-order valence-corrected chi connectivity index (χ2v) is 4.78. The van der Waals surface area contributed by atoms with E-state index in [1.807, 2.05) is 30.3 Å². The van der Waals surface area contributed by atoms with Crippen LogP contribution in [-0.4, -0.2) is 41.8 Å². The van der Waals surface area contributed by atoms with Gasteiger partial charge in [0.05, 0.1) is 13.2 Å². The molecule has 1 aliphatic heterocycles. The first-order valence-electron chi connectivity index (χ1n) is 6.64. The van der Waals surface area contributed by atoms with Gasteiger partial charge in [-0.1, -0.05) is 25.1 Å². The highest BCUT2D eigenvalue weighted by atomic mass is 16.5. The van der Waals surface area contributed by atoms with Crippen molar-refractivity contribution in [2.75, 3.05) is 7.11 Å². The summed E-state index contributed by atoms with van der Waals surface area (Å²) in [5.74, 6) is -0.221. The molecule has 108 valence electrons. The van der Waals surface area contributed by atoms with Gasteiger partial charge < -0.3 is 14.6 Å². The summed E-state index contributed by atoms with van der Waals surface area (Å²) in [7, 11) is 1.29. The Hall–Kier alpha value is -1.88. The van der Waals surface area contributed by atoms with Gasteiger partial charge in [-0.05, 0) is 25.5 Å². The summed E-state index contributed by atoms with van der Waals surface area (Å²) in [5.41, 5.74) is -0.622. The third-order valence-electron chi connectivity index (χ3n) is 3.62. The van der Waals surface area contributed by atoms with Gasteiger partial charge in [0.1, 0.15) is 6.10 Å². The van der Waals surface area contributed by atoms with E-state index < -0.39 is 23.7 Å². The molecule has 1 aliphatic rings. The van der Waals surface area contributed by atoms with Gasteiger partial charge in [-0.3, -0.25) is 0 Å². The van der Waals surface area contributed by atoms with Gasteiger partial charge in [0.2, 0.25) is 11.4 Å². The lowest BCUT2D eigenvalue weighted by molar-refractivity contribution is -0.155. The van der Waals surface area contributed by atoms with E-state index in [9.17, 15) is 9.90 Å². The number of rotatable bonds is 4. The first-order valence-corrected chi connectivity index (χ1v) is 6.64. The Bertz CT molecular complexity index is 514. The van der Waals surface area contributed by atoms with Crippen molar-refractivity contribution in [1.82, 2.24) is 0 Å². The van der Waals surface area contributed by atoms with Crippen LogP contribution in [0.2, 0.25) is 0 Å². The smallest absolute Gasteiger partial charge is 0.340 e. The van der Waals surface area contributed by atoms with Gasteiger partial charge in [0.15, 0.2) is 0 Å². The molecular weight excluding hydrogens is 258 g/mol. The fraction of sp³-hybridized carbons (Fsp3) is 0.467. The van der Waals surface area contributed by atoms with Crippen molar-refractivity contribution in [3.8, 4) is 0 Å². The molecule has 2 unspecified atom stereocenters. The SMILES string of the molecule is CCC(O)[C@]1(C(=O)OC)N=C(c2ccccc2)OC1C. The second kappa shape index (κ2) is 5.63. The molecule has 0 saturated carbocycles. The highest BCUT2D eigenvalue weighted by Gasteiger charge is 2.56. The van der Waals surface area contributed by atoms with Crippen molar-refractivity contribution < 1.29 is 19.4 Å². The molecule has 20 heavy (non-hydrogen) atoms. The van der Waals surface area contributed by atoms with E-state index in [1.165, 1.54) is 7.11 Å². The molecule has 0 aliphatic carbocycles. The van der Waals surface area contributed by atoms with Crippen molar-refractivity contribution in [1.29, 1.82) is 0 Å². The minimum atomic E-state index is -1.39. The Kier molecular flexibility index (Phi) is 4.09. The van der Waals surface area contributed by atoms with Gasteiger partial charge in [-0.15, -0.1) is 0 Å². The zero-order valence-electron chi connectivity index (χ0n) is 11.9. The normalized spacial score (nSPS) is 26.6. The molecule has 1 aromatic carbocycles. The third kappa shape index (κ3) is 2.18. The van der Waals surface area contributed by atoms with Gasteiger partial charge >= 0.3 is 5.97 Å². The maximum Gasteiger partial charge on any atom is 0.340 e. The number of carbonyl (C=O) groups excluding carboxylic acids is 1. The lowest BCUT2D eigenvalue weighted by Gasteiger charge is -2.30. The van der Waals surface area contributed by atoms with Gasteiger partial charge in [-0.2, -0.15) is 0 Å². The summed E-state index contributed by atoms with van der Waals surface area (Å²) in [5, 5.41) is 10.3. The minimum Gasteiger partial charge on any atom is -0.471 e. The largest absolute Gasteiger partial charge is 0.471 e. The van der Waals surface area contributed by atoms with E-state index in [4.69, 9.17) is 9.47 Å². The maximum atomic E-state index is 12.2. The van der Waals surface area contributed by atoms with Gasteiger partial charge in [-0.25, -0.2) is 9.79 Å². The molecule has 2 rings (SSSR count). The third-order valence-corrected chi connectivity index (χ3v) is 3.62. The van der Waals surface area contributed by atoms with Crippen LogP contribution in [0.4, 0.5) is 0 Å². The highest BCUT2D eigenvalue weighted by molar-refractivity contribution is 5.99. The van der Waals surface area contributed by atoms with Gasteiger partial charge in [0.25, 0.3) is 0 Å². The average molecular weight is 277 g/mol. The first-order chi connectivity index (χ1) is 9.56. The number of ether oxygens (including phenoxy) is 2. The Morgan fingerprint density at radius 2 is 2.15 bits per heavy atom. The Labute approximate surface area is 118 Å². The number of hydrogen-bond donors (Lipinski definition) is 1. The second-order valence-electron chi connectivity index (χ2n) is 4.78. The van der Waals surface area contributed by atoms with Crippen LogP contribution in [0.15, 0.2) is 35.3 Å². The number of nitrogens with zero attached hydrogens (tertiary/aromatic N) is 1. The number of hydrogen-bond acceptors (Lipinski definition) is 5. The summed E-state index contributed by atoms with van der Waals surface area (Å²) in [6.45, 7) is 3.51. The van der Waals surface area contributed by atoms with Crippen LogP contribution >= 0.6 is 0 Å². The molecule has 5 nitrogen and oxygen atoms in total. The minimum absolute atomic E-state index is 0.357. The van der Waals surface area contributed by atoms with Crippen LogP contribution in [0.1, 0.15) is 25.8 Å². The molecule has 1 aromatic rings. The molecule has 0 saturated heterocycles. The molecule has 1 heterocycles. The van der Waals surface area contributed by atoms with Crippen molar-refractivity contribution in [3.05, 3.63) is 35.9 Å². The zero-order valence-corrected chi connectivity index (χ0v) is 11.9. The van der Waals surface area contributed by atoms with Crippen molar-refractivity contribution in [3.63, 3.8) is 0 Å². The van der Waals surface area contributed by atoms with Crippen molar-refractivity contribution in [2.24, 2.45) is 4.99 Å². The number of aliphatic hydroxyl groups excluding tert-OH is 1. The summed E-state index contributed by atoms with van der Waals surface area (Å²) >= 11 is 0. The van der Waals surface area contributed by atoms with Crippen molar-refractivity contribution >= 4 is 11.9 Å². The number of methoxy groups -OCH3 is 1. The zero-order chi connectivity index (χ0) is 14.8. The maximum absolute atomic E-state index is 12.2. The van der Waals surface area contributed by atoms with E-state index in [2.05, 4.69) is 4.99 Å². The Balaban J connectivity index is 2.47. The topological polar surface area (TPSA) is 68.1 Å². The van der Waals surface area contributed by atoms with E-state index in [1.54, 1.807) is 13.8 Å². The predicted octanol–water partition coefficient (Wildman–Crippen LogP) is 1.53. The molecule has 0 radical (unpaired) electrons. The molecule has 0 amide bonds. The van der Waals surface area contributed by atoms with Crippen LogP contribution in [0, 0.1) is 0 Å². The molecular formula is C15H19NO4. The van der Waals surface area contributed by atoms with Crippen LogP contribution in [0.25, 0.3) is 0 Å². The number of benzene rings is 1. The van der Waals surface area contributed by atoms with E-state index in [0.29, 0.717) is 12.3 Å². The summed E-state index contributed by atoms with van der Waals surface area (Å²) in [4.78, 5) is 16.5. The fourth-order valence-corrected chi connectivity index (χ4v) is 2.42. The van der Waals surface area contributed by atoms with Crippen LogP contribution in [0.3, 0.4) is 0 Å². The lowest BCUT2D eigenvalue weighted by Crippen LogP contribution is -2.54. The number of carbonyl (C=O) groups is 1. The number of aliphatic imine (C=N–C) groups is 1. The Morgan fingerprint density at radius 3 is 2.70 bits per heavy atom. The van der Waals surface area contributed by atoms with Gasteiger partial charge in [0, 0.05) is 5.56 Å². The summed E-state index contributed by atoms with van der Waals surface area (Å²) < 4.78 is 10.5. The molecule has 0 bridgehead atoms. The highest BCUT2D eigenvalue weighted by Crippen LogP contribution is 2.34. The summed E-state index contributed by atoms with van der Waals surface area (Å²) in [6, 6.07) is 9.30. The van der Waals surface area contributed by atoms with Crippen LogP contribution in [0.5, 0.6) is 0 Å². The molecule has 0 fully saturated rings. The van der Waals surface area contributed by atoms with Crippen LogP contribution < -0.4 is 0 Å². The Morgan fingerprint density at radius 1 is 1.50 bits per heavy atom. The lowest BCUT2D eigenvalue weighted by atomic mass is 9.86. The number of aliphatic hydroxyl groups is 1. The molecule has 3 atom stereocenters. The monoisotopic (exact) mass is 277 g/mol. The number of esters is 1. The molecule has 0 aromatic heterocycles.